The highest BCUT2D eigenvalue weighted by Crippen LogP contribution is 2.21. The Balaban J connectivity index is 2.44. The van der Waals surface area contributed by atoms with E-state index in [1.807, 2.05) is 6.92 Å². The Bertz CT molecular complexity index is 495. The molecule has 0 saturated carbocycles. The van der Waals surface area contributed by atoms with Crippen molar-refractivity contribution in [3.63, 3.8) is 0 Å². The number of sulfonamides is 1. The second kappa shape index (κ2) is 7.97. The Morgan fingerprint density at radius 2 is 2.05 bits per heavy atom. The molecule has 3 N–H and O–H groups in total. The maximum Gasteiger partial charge on any atom is 0.250 e. The number of hydrogen-bond acceptors (Lipinski definition) is 5. The maximum atomic E-state index is 12.1. The van der Waals surface area contributed by atoms with Crippen molar-refractivity contribution in [3.8, 4) is 0 Å². The largest absolute Gasteiger partial charge is 0.398 e. The lowest BCUT2D eigenvalue weighted by Crippen LogP contribution is -2.33. The van der Waals surface area contributed by atoms with Gasteiger partial charge in [-0.2, -0.15) is 0 Å². The summed E-state index contributed by atoms with van der Waals surface area (Å²) in [5, 5.41) is 1.64. The summed E-state index contributed by atoms with van der Waals surface area (Å²) >= 11 is 1.15. The van der Waals surface area contributed by atoms with Gasteiger partial charge in [-0.25, -0.2) is 13.1 Å². The van der Waals surface area contributed by atoms with Gasteiger partial charge in [-0.3, -0.25) is 0 Å². The molecule has 0 aliphatic carbocycles. The van der Waals surface area contributed by atoms with Crippen molar-refractivity contribution in [1.82, 2.24) is 9.62 Å². The first-order valence-electron chi connectivity index (χ1n) is 6.97. The number of nitrogens with zero attached hydrogens (tertiary/aromatic N) is 1. The Hall–Kier alpha value is -0.630. The fraction of sp³-hybridized carbons (Fsp3) is 0.692. The van der Waals surface area contributed by atoms with Gasteiger partial charge >= 0.3 is 0 Å². The SMILES string of the molecule is CCN(CC)CCCC(C)NS(=O)(=O)c1cc(N)cs1. The van der Waals surface area contributed by atoms with Crippen LogP contribution in [0.25, 0.3) is 0 Å². The van der Waals surface area contributed by atoms with Gasteiger partial charge in [0.1, 0.15) is 4.21 Å². The van der Waals surface area contributed by atoms with E-state index < -0.39 is 10.0 Å². The number of nitrogen functional groups attached to an aromatic ring is 1. The zero-order chi connectivity index (χ0) is 15.2. The third kappa shape index (κ3) is 5.40. The Morgan fingerprint density at radius 3 is 2.55 bits per heavy atom. The van der Waals surface area contributed by atoms with Gasteiger partial charge in [0.25, 0.3) is 0 Å². The molecule has 7 heteroatoms. The van der Waals surface area contributed by atoms with E-state index in [1.165, 1.54) is 6.07 Å². The van der Waals surface area contributed by atoms with E-state index in [4.69, 9.17) is 5.73 Å². The molecule has 0 fully saturated rings. The predicted molar refractivity (Wildman–Crippen MR) is 85.5 cm³/mol. The van der Waals surface area contributed by atoms with E-state index in [0.717, 1.165) is 43.8 Å². The zero-order valence-electron chi connectivity index (χ0n) is 12.4. The molecule has 20 heavy (non-hydrogen) atoms. The molecule has 1 aromatic rings. The summed E-state index contributed by atoms with van der Waals surface area (Å²) < 4.78 is 27.2. The van der Waals surface area contributed by atoms with E-state index in [-0.39, 0.29) is 10.3 Å². The minimum absolute atomic E-state index is 0.0705. The number of thiophene rings is 1. The van der Waals surface area contributed by atoms with E-state index >= 15 is 0 Å². The van der Waals surface area contributed by atoms with Crippen molar-refractivity contribution in [2.75, 3.05) is 25.4 Å². The smallest absolute Gasteiger partial charge is 0.250 e. The van der Waals surface area contributed by atoms with Crippen LogP contribution in [0.1, 0.15) is 33.6 Å². The molecule has 0 bridgehead atoms. The number of nitrogens with two attached hydrogens (primary N) is 1. The quantitative estimate of drug-likeness (QED) is 0.731. The van der Waals surface area contributed by atoms with Crippen LogP contribution in [0.15, 0.2) is 15.7 Å². The molecular weight excluding hydrogens is 294 g/mol. The van der Waals surface area contributed by atoms with Crippen molar-refractivity contribution in [2.24, 2.45) is 0 Å². The van der Waals surface area contributed by atoms with Crippen molar-refractivity contribution in [3.05, 3.63) is 11.4 Å². The van der Waals surface area contributed by atoms with Crippen molar-refractivity contribution >= 4 is 27.0 Å². The fourth-order valence-corrected chi connectivity index (χ4v) is 4.39. The average Bonchev–Trinajstić information content (AvgIpc) is 2.81. The first-order valence-corrected chi connectivity index (χ1v) is 9.34. The average molecular weight is 319 g/mol. The highest BCUT2D eigenvalue weighted by molar-refractivity contribution is 7.91. The molecule has 0 spiro atoms. The summed E-state index contributed by atoms with van der Waals surface area (Å²) in [4.78, 5) is 2.33. The molecule has 1 heterocycles. The number of anilines is 1. The number of hydrogen-bond donors (Lipinski definition) is 2. The van der Waals surface area contributed by atoms with Gasteiger partial charge in [-0.1, -0.05) is 13.8 Å². The van der Waals surface area contributed by atoms with Crippen LogP contribution in [0.4, 0.5) is 5.69 Å². The van der Waals surface area contributed by atoms with E-state index in [9.17, 15) is 8.42 Å². The molecule has 1 aromatic heterocycles. The van der Waals surface area contributed by atoms with Crippen LogP contribution in [0.5, 0.6) is 0 Å². The van der Waals surface area contributed by atoms with Gasteiger partial charge < -0.3 is 10.6 Å². The summed E-state index contributed by atoms with van der Waals surface area (Å²) in [5.41, 5.74) is 6.05. The van der Waals surface area contributed by atoms with E-state index in [1.54, 1.807) is 5.38 Å². The second-order valence-electron chi connectivity index (χ2n) is 4.89. The lowest BCUT2D eigenvalue weighted by atomic mass is 10.2. The van der Waals surface area contributed by atoms with Gasteiger partial charge in [0.05, 0.1) is 0 Å². The molecule has 0 amide bonds. The van der Waals surface area contributed by atoms with Crippen LogP contribution in [-0.4, -0.2) is 39.0 Å². The molecule has 5 nitrogen and oxygen atoms in total. The summed E-state index contributed by atoms with van der Waals surface area (Å²) in [5.74, 6) is 0. The molecule has 0 aliphatic heterocycles. The summed E-state index contributed by atoms with van der Waals surface area (Å²) in [6.07, 6.45) is 1.81. The van der Waals surface area contributed by atoms with Gasteiger partial charge in [0, 0.05) is 17.1 Å². The molecule has 0 radical (unpaired) electrons. The third-order valence-electron chi connectivity index (χ3n) is 3.22. The van der Waals surface area contributed by atoms with E-state index in [2.05, 4.69) is 23.5 Å². The van der Waals surface area contributed by atoms with Crippen molar-refractivity contribution in [1.29, 1.82) is 0 Å². The molecular formula is C13H25N3O2S2. The molecule has 0 saturated heterocycles. The first kappa shape index (κ1) is 17.4. The summed E-state index contributed by atoms with van der Waals surface area (Å²) in [6, 6.07) is 1.43. The third-order valence-corrected chi connectivity index (χ3v) is 6.27. The molecule has 0 aliphatic rings. The lowest BCUT2D eigenvalue weighted by Gasteiger charge is -2.19. The van der Waals surface area contributed by atoms with Crippen molar-refractivity contribution < 1.29 is 8.42 Å². The van der Waals surface area contributed by atoms with Crippen LogP contribution < -0.4 is 10.5 Å². The first-order chi connectivity index (χ1) is 9.39. The van der Waals surface area contributed by atoms with Crippen LogP contribution >= 0.6 is 11.3 Å². The van der Waals surface area contributed by atoms with Crippen LogP contribution in [0.2, 0.25) is 0 Å². The van der Waals surface area contributed by atoms with Crippen molar-refractivity contribution in [2.45, 2.75) is 43.9 Å². The Labute approximate surface area is 126 Å². The second-order valence-corrected chi connectivity index (χ2v) is 7.74. The zero-order valence-corrected chi connectivity index (χ0v) is 14.1. The van der Waals surface area contributed by atoms with Crippen LogP contribution in [0, 0.1) is 0 Å². The Morgan fingerprint density at radius 1 is 1.40 bits per heavy atom. The van der Waals surface area contributed by atoms with Crippen LogP contribution in [-0.2, 0) is 10.0 Å². The van der Waals surface area contributed by atoms with Gasteiger partial charge in [-0.05, 0) is 45.5 Å². The molecule has 1 atom stereocenters. The van der Waals surface area contributed by atoms with E-state index in [0.29, 0.717) is 5.69 Å². The monoisotopic (exact) mass is 319 g/mol. The van der Waals surface area contributed by atoms with Crippen LogP contribution in [0.3, 0.4) is 0 Å². The summed E-state index contributed by atoms with van der Waals surface area (Å²) in [6.45, 7) is 9.24. The predicted octanol–water partition coefficient (Wildman–Crippen LogP) is 2.12. The van der Waals surface area contributed by atoms with Gasteiger partial charge in [0.2, 0.25) is 10.0 Å². The highest BCUT2D eigenvalue weighted by Gasteiger charge is 2.19. The minimum Gasteiger partial charge on any atom is -0.398 e. The normalized spacial score (nSPS) is 13.8. The maximum absolute atomic E-state index is 12.1. The number of nitrogens with one attached hydrogen (secondary N) is 1. The standard InChI is InChI=1S/C13H25N3O2S2/c1-4-16(5-2)8-6-7-11(3)15-20(17,18)13-9-12(14)10-19-13/h9-11,15H,4-8,14H2,1-3H3. The highest BCUT2D eigenvalue weighted by atomic mass is 32.2. The minimum atomic E-state index is -3.43. The number of rotatable bonds is 9. The fourth-order valence-electron chi connectivity index (χ4n) is 2.01. The molecule has 1 unspecified atom stereocenters. The summed E-state index contributed by atoms with van der Waals surface area (Å²) in [7, 11) is -3.43. The molecule has 116 valence electrons. The van der Waals surface area contributed by atoms with Gasteiger partial charge in [-0.15, -0.1) is 11.3 Å². The van der Waals surface area contributed by atoms with Gasteiger partial charge in [0.15, 0.2) is 0 Å². The molecule has 0 aromatic carbocycles. The molecule has 1 rings (SSSR count). The topological polar surface area (TPSA) is 75.4 Å². The Kier molecular flexibility index (Phi) is 6.94. The lowest BCUT2D eigenvalue weighted by molar-refractivity contribution is 0.293.